The zero-order valence-corrected chi connectivity index (χ0v) is 34.8. The summed E-state index contributed by atoms with van der Waals surface area (Å²) in [5.74, 6) is 0. The van der Waals surface area contributed by atoms with Gasteiger partial charge in [0.25, 0.3) is 0 Å². The summed E-state index contributed by atoms with van der Waals surface area (Å²) in [5.41, 5.74) is 11.6. The molecule has 0 fully saturated rings. The van der Waals surface area contributed by atoms with Crippen molar-refractivity contribution in [3.8, 4) is 33.8 Å². The monoisotopic (exact) mass is 817 g/mol. The molecule has 0 saturated heterocycles. The topological polar surface area (TPSA) is 22.8 Å². The van der Waals surface area contributed by atoms with Gasteiger partial charge in [-0.1, -0.05) is 133 Å². The molecule has 0 spiro atoms. The average Bonchev–Trinajstić information content (AvgIpc) is 4.01. The fourth-order valence-electron chi connectivity index (χ4n) is 10.5. The number of para-hydroxylation sites is 3. The van der Waals surface area contributed by atoms with Crippen LogP contribution in [0.5, 0.6) is 0 Å². The van der Waals surface area contributed by atoms with Crippen molar-refractivity contribution < 1.29 is 0 Å². The van der Waals surface area contributed by atoms with Gasteiger partial charge in [-0.2, -0.15) is 0 Å². The Hall–Kier alpha value is -8.05. The van der Waals surface area contributed by atoms with E-state index < -0.39 is 0 Å². The first kappa shape index (κ1) is 34.6. The van der Waals surface area contributed by atoms with Crippen molar-refractivity contribution >= 4 is 107 Å². The van der Waals surface area contributed by atoms with E-state index >= 15 is 0 Å². The molecule has 0 amide bonds. The van der Waals surface area contributed by atoms with Gasteiger partial charge in [0.2, 0.25) is 0 Å². The highest BCUT2D eigenvalue weighted by Gasteiger charge is 2.18. The summed E-state index contributed by atoms with van der Waals surface area (Å²) in [4.78, 5) is 5.06. The zero-order chi connectivity index (χ0) is 41.2. The third-order valence-corrected chi connectivity index (χ3v) is 14.5. The van der Waals surface area contributed by atoms with Gasteiger partial charge in [0.05, 0.1) is 32.5 Å². The van der Waals surface area contributed by atoms with E-state index in [0.717, 1.165) is 22.6 Å². The van der Waals surface area contributed by atoms with E-state index in [4.69, 9.17) is 4.98 Å². The number of pyridine rings is 1. The summed E-state index contributed by atoms with van der Waals surface area (Å²) < 4.78 is 7.29. The summed E-state index contributed by atoms with van der Waals surface area (Å²) in [6, 6.07) is 75.8. The Morgan fingerprint density at radius 2 is 0.762 bits per heavy atom. The molecule has 14 rings (SSSR count). The highest BCUT2D eigenvalue weighted by molar-refractivity contribution is 7.25. The Balaban J connectivity index is 0.888. The molecule has 0 unspecified atom stereocenters. The molecule has 4 heterocycles. The van der Waals surface area contributed by atoms with Crippen molar-refractivity contribution in [2.24, 2.45) is 0 Å². The lowest BCUT2D eigenvalue weighted by Crippen LogP contribution is -1.95. The van der Waals surface area contributed by atoms with Crippen LogP contribution in [0.2, 0.25) is 0 Å². The average molecular weight is 818 g/mol. The largest absolute Gasteiger partial charge is 0.309 e. The number of thiophene rings is 1. The highest BCUT2D eigenvalue weighted by atomic mass is 32.1. The van der Waals surface area contributed by atoms with Crippen LogP contribution in [0.1, 0.15) is 0 Å². The van der Waals surface area contributed by atoms with Crippen molar-refractivity contribution in [1.82, 2.24) is 14.1 Å². The summed E-state index contributed by atoms with van der Waals surface area (Å²) >= 11 is 1.81. The number of fused-ring (bicyclic) bond motifs is 15. The second kappa shape index (κ2) is 13.2. The van der Waals surface area contributed by atoms with Gasteiger partial charge in [0.1, 0.15) is 0 Å². The Morgan fingerprint density at radius 1 is 0.286 bits per heavy atom. The van der Waals surface area contributed by atoms with Crippen LogP contribution in [-0.2, 0) is 0 Å². The van der Waals surface area contributed by atoms with Crippen LogP contribution in [0.25, 0.3) is 130 Å². The first-order chi connectivity index (χ1) is 31.2. The van der Waals surface area contributed by atoms with E-state index in [2.05, 4.69) is 222 Å². The van der Waals surface area contributed by atoms with Crippen LogP contribution < -0.4 is 0 Å². The maximum Gasteiger partial charge on any atom is 0.0709 e. The summed E-state index contributed by atoms with van der Waals surface area (Å²) in [5, 5.41) is 15.2. The molecular formula is C59H35N3S. The van der Waals surface area contributed by atoms with Crippen LogP contribution in [0.4, 0.5) is 0 Å². The first-order valence-electron chi connectivity index (χ1n) is 21.5. The second-order valence-electron chi connectivity index (χ2n) is 16.7. The Labute approximate surface area is 365 Å². The van der Waals surface area contributed by atoms with Crippen molar-refractivity contribution in [2.75, 3.05) is 0 Å². The maximum atomic E-state index is 5.06. The molecule has 0 aliphatic rings. The maximum absolute atomic E-state index is 5.06. The van der Waals surface area contributed by atoms with Gasteiger partial charge in [-0.15, -0.1) is 11.3 Å². The molecule has 10 aromatic carbocycles. The molecule has 0 aliphatic carbocycles. The fourth-order valence-corrected chi connectivity index (χ4v) is 11.5. The minimum Gasteiger partial charge on any atom is -0.309 e. The molecule has 0 saturated carbocycles. The summed E-state index contributed by atoms with van der Waals surface area (Å²) in [6.07, 6.45) is 2.06. The lowest BCUT2D eigenvalue weighted by molar-refractivity contribution is 1.17. The Morgan fingerprint density at radius 3 is 1.41 bits per heavy atom. The molecule has 14 aromatic rings. The lowest BCUT2D eigenvalue weighted by Gasteiger charge is -2.12. The van der Waals surface area contributed by atoms with Crippen LogP contribution in [0, 0.1) is 0 Å². The first-order valence-corrected chi connectivity index (χ1v) is 22.3. The molecule has 0 radical (unpaired) electrons. The van der Waals surface area contributed by atoms with Crippen molar-refractivity contribution in [3.63, 3.8) is 0 Å². The van der Waals surface area contributed by atoms with E-state index in [9.17, 15) is 0 Å². The molecule has 0 aliphatic heterocycles. The molecule has 0 atom stereocenters. The predicted molar refractivity (Wildman–Crippen MR) is 269 cm³/mol. The van der Waals surface area contributed by atoms with Gasteiger partial charge >= 0.3 is 0 Å². The zero-order valence-electron chi connectivity index (χ0n) is 34.0. The smallest absolute Gasteiger partial charge is 0.0709 e. The Bertz CT molecular complexity index is 4130. The standard InChI is InChI=1S/C59H35N3S/c1-2-16-43-41(14-1)42-15-3-4-17-44(42)49-31-37(24-27-45(43)49)36-12-11-13-38(30-36)53-34-52-51-33-40(26-29-58(51)63-59(52)35-60-53)62-56-23-10-7-20-48(56)50-32-39(25-28-57(50)62)61-54-21-8-5-18-46(54)47-19-6-9-22-55(47)61/h1-35H. The SMILES string of the molecule is c1cc(-c2ccc3c4ccccc4c4ccccc4c3c2)cc(-c2cc3c(cn2)sc2ccc(-n4c5ccccc5c5cc(-n6c7ccccc7c7ccccc76)ccc54)cc23)c1. The second-order valence-corrected chi connectivity index (χ2v) is 17.8. The third-order valence-electron chi connectivity index (χ3n) is 13.3. The molecule has 0 N–H and O–H groups in total. The van der Waals surface area contributed by atoms with Gasteiger partial charge in [0.15, 0.2) is 0 Å². The molecule has 63 heavy (non-hydrogen) atoms. The van der Waals surface area contributed by atoms with Crippen molar-refractivity contribution in [1.29, 1.82) is 0 Å². The third kappa shape index (κ3) is 5.10. The van der Waals surface area contributed by atoms with Crippen LogP contribution >= 0.6 is 11.3 Å². The van der Waals surface area contributed by atoms with E-state index in [1.165, 1.54) is 107 Å². The number of nitrogens with zero attached hydrogens (tertiary/aromatic N) is 3. The quantitative estimate of drug-likeness (QED) is 0.162. The van der Waals surface area contributed by atoms with E-state index in [0.29, 0.717) is 0 Å². The van der Waals surface area contributed by atoms with Crippen LogP contribution in [0.3, 0.4) is 0 Å². The van der Waals surface area contributed by atoms with E-state index in [-0.39, 0.29) is 0 Å². The van der Waals surface area contributed by atoms with E-state index in [1.54, 1.807) is 0 Å². The number of rotatable bonds is 4. The number of aromatic nitrogens is 3. The fraction of sp³-hybridized carbons (Fsp3) is 0. The molecule has 4 heteroatoms. The molecule has 3 nitrogen and oxygen atoms in total. The van der Waals surface area contributed by atoms with Crippen molar-refractivity contribution in [2.45, 2.75) is 0 Å². The van der Waals surface area contributed by atoms with Gasteiger partial charge < -0.3 is 9.13 Å². The normalized spacial score (nSPS) is 12.1. The molecule has 4 aromatic heterocycles. The predicted octanol–water partition coefficient (Wildman–Crippen LogP) is 16.4. The number of hydrogen-bond donors (Lipinski definition) is 0. The summed E-state index contributed by atoms with van der Waals surface area (Å²) in [6.45, 7) is 0. The van der Waals surface area contributed by atoms with Gasteiger partial charge in [0, 0.05) is 60.2 Å². The molecule has 292 valence electrons. The lowest BCUT2D eigenvalue weighted by atomic mass is 9.91. The number of hydrogen-bond acceptors (Lipinski definition) is 2. The van der Waals surface area contributed by atoms with Crippen LogP contribution in [0.15, 0.2) is 212 Å². The van der Waals surface area contributed by atoms with Crippen LogP contribution in [-0.4, -0.2) is 14.1 Å². The minimum absolute atomic E-state index is 0.973. The van der Waals surface area contributed by atoms with Crippen molar-refractivity contribution in [3.05, 3.63) is 212 Å². The Kier molecular flexibility index (Phi) is 7.27. The molecular weight excluding hydrogens is 783 g/mol. The van der Waals surface area contributed by atoms with Gasteiger partial charge in [-0.25, -0.2) is 0 Å². The molecule has 0 bridgehead atoms. The van der Waals surface area contributed by atoms with E-state index in [1.807, 2.05) is 11.3 Å². The van der Waals surface area contributed by atoms with Gasteiger partial charge in [-0.3, -0.25) is 4.98 Å². The minimum atomic E-state index is 0.973. The number of benzene rings is 10. The van der Waals surface area contributed by atoms with Gasteiger partial charge in [-0.05, 0) is 116 Å². The highest BCUT2D eigenvalue weighted by Crippen LogP contribution is 2.42. The summed E-state index contributed by atoms with van der Waals surface area (Å²) in [7, 11) is 0.